The number of nitriles is 1. The molecule has 0 aliphatic heterocycles. The summed E-state index contributed by atoms with van der Waals surface area (Å²) in [5.41, 5.74) is 1.30. The minimum Gasteiger partial charge on any atom is -0.299 e. The number of hydrogen-bond donors (Lipinski definition) is 0. The summed E-state index contributed by atoms with van der Waals surface area (Å²) in [7, 11) is -4.16. The SMILES string of the molecule is C[C@@H]1C(S(=O)(=O)c2ccc(F)cc2)[C@H](C(=O)CCc2cc(-c3cnc(C(F)(F)F)nc3)ccc2C#N)C[C@H]1F. The Morgan fingerprint density at radius 2 is 1.72 bits per heavy atom. The molecule has 6 nitrogen and oxygen atoms in total. The van der Waals surface area contributed by atoms with Gasteiger partial charge in [0.15, 0.2) is 9.84 Å². The number of rotatable bonds is 7. The second-order valence-corrected chi connectivity index (χ2v) is 11.5. The Hall–Kier alpha value is -3.72. The Balaban J connectivity index is 1.56. The molecule has 1 aromatic heterocycles. The van der Waals surface area contributed by atoms with Crippen LogP contribution in [0.4, 0.5) is 22.0 Å². The number of benzene rings is 2. The molecule has 204 valence electrons. The van der Waals surface area contributed by atoms with Gasteiger partial charge in [-0.2, -0.15) is 18.4 Å². The molecule has 0 N–H and O–H groups in total. The van der Waals surface area contributed by atoms with Crippen LogP contribution in [0.25, 0.3) is 11.1 Å². The van der Waals surface area contributed by atoms with Gasteiger partial charge in [-0.25, -0.2) is 27.2 Å². The van der Waals surface area contributed by atoms with Gasteiger partial charge in [0.1, 0.15) is 17.8 Å². The average Bonchev–Trinajstić information content (AvgIpc) is 3.21. The molecule has 4 rings (SSSR count). The number of alkyl halides is 4. The van der Waals surface area contributed by atoms with Crippen molar-refractivity contribution in [2.24, 2.45) is 11.8 Å². The fourth-order valence-corrected chi connectivity index (χ4v) is 7.18. The van der Waals surface area contributed by atoms with Crippen LogP contribution >= 0.6 is 0 Å². The lowest BCUT2D eigenvalue weighted by Crippen LogP contribution is -2.35. The minimum absolute atomic E-state index is 0.0161. The molecule has 1 unspecified atom stereocenters. The smallest absolute Gasteiger partial charge is 0.299 e. The number of Topliss-reactive ketones (excluding diaryl/α,β-unsaturated/α-hetero) is 1. The van der Waals surface area contributed by atoms with Gasteiger partial charge in [-0.05, 0) is 60.4 Å². The Labute approximate surface area is 221 Å². The topological polar surface area (TPSA) is 101 Å². The molecule has 1 saturated carbocycles. The lowest BCUT2D eigenvalue weighted by Gasteiger charge is -2.22. The number of aromatic nitrogens is 2. The van der Waals surface area contributed by atoms with E-state index in [4.69, 9.17) is 0 Å². The molecule has 3 aromatic rings. The average molecular weight is 564 g/mol. The maximum Gasteiger partial charge on any atom is 0.451 e. The Morgan fingerprint density at radius 3 is 2.31 bits per heavy atom. The standard InChI is InChI=1S/C27H22F5N3O3S/c1-15-23(29)11-22(25(15)39(37,38)21-7-5-20(28)6-8-21)24(36)9-4-16-10-17(2-3-18(16)12-33)19-13-34-26(35-14-19)27(30,31)32/h2-3,5-8,10,13-15,22-23,25H,4,9,11H2,1H3/t15-,22-,23+,25?/m0/s1. The van der Waals surface area contributed by atoms with Gasteiger partial charge in [-0.15, -0.1) is 0 Å². The molecule has 4 atom stereocenters. The molecule has 0 bridgehead atoms. The van der Waals surface area contributed by atoms with E-state index >= 15 is 0 Å². The molecule has 1 heterocycles. The van der Waals surface area contributed by atoms with Crippen LogP contribution in [0.15, 0.2) is 59.8 Å². The number of hydrogen-bond acceptors (Lipinski definition) is 6. The Bertz CT molecular complexity index is 1520. The van der Waals surface area contributed by atoms with E-state index in [0.717, 1.165) is 36.7 Å². The van der Waals surface area contributed by atoms with Crippen LogP contribution in [-0.4, -0.2) is 35.6 Å². The third-order valence-electron chi connectivity index (χ3n) is 6.98. The van der Waals surface area contributed by atoms with Crippen LogP contribution in [0.5, 0.6) is 0 Å². The van der Waals surface area contributed by atoms with Crippen LogP contribution in [0.2, 0.25) is 0 Å². The lowest BCUT2D eigenvalue weighted by molar-refractivity contribution is -0.145. The van der Waals surface area contributed by atoms with Crippen LogP contribution in [0.1, 0.15) is 36.7 Å². The van der Waals surface area contributed by atoms with E-state index in [1.165, 1.54) is 25.1 Å². The van der Waals surface area contributed by atoms with Crippen molar-refractivity contribution < 1.29 is 35.2 Å². The van der Waals surface area contributed by atoms with Crippen molar-refractivity contribution in [2.75, 3.05) is 0 Å². The quantitative estimate of drug-likeness (QED) is 0.278. The maximum atomic E-state index is 14.7. The molecular formula is C27H22F5N3O3S. The normalized spacial score (nSPS) is 21.5. The van der Waals surface area contributed by atoms with Crippen molar-refractivity contribution in [1.29, 1.82) is 5.26 Å². The van der Waals surface area contributed by atoms with Gasteiger partial charge in [0.2, 0.25) is 5.82 Å². The van der Waals surface area contributed by atoms with E-state index in [-0.39, 0.29) is 35.3 Å². The van der Waals surface area contributed by atoms with E-state index in [9.17, 15) is 40.4 Å². The molecule has 0 saturated heterocycles. The zero-order chi connectivity index (χ0) is 28.5. The predicted molar refractivity (Wildman–Crippen MR) is 130 cm³/mol. The second-order valence-electron chi connectivity index (χ2n) is 9.42. The van der Waals surface area contributed by atoms with Crippen LogP contribution in [0, 0.1) is 29.0 Å². The highest BCUT2D eigenvalue weighted by atomic mass is 32.2. The van der Waals surface area contributed by atoms with E-state index < -0.39 is 56.7 Å². The molecule has 0 radical (unpaired) electrons. The first kappa shape index (κ1) is 28.3. The van der Waals surface area contributed by atoms with Crippen LogP contribution in [0.3, 0.4) is 0 Å². The van der Waals surface area contributed by atoms with Crippen molar-refractivity contribution in [1.82, 2.24) is 9.97 Å². The van der Waals surface area contributed by atoms with Gasteiger partial charge in [0.25, 0.3) is 0 Å². The third-order valence-corrected chi connectivity index (χ3v) is 9.39. The summed E-state index contributed by atoms with van der Waals surface area (Å²) in [5.74, 6) is -4.53. The highest BCUT2D eigenvalue weighted by Crippen LogP contribution is 2.42. The molecule has 0 amide bonds. The van der Waals surface area contributed by atoms with Crippen LogP contribution < -0.4 is 0 Å². The van der Waals surface area contributed by atoms with Gasteiger partial charge in [-0.1, -0.05) is 13.0 Å². The van der Waals surface area contributed by atoms with Gasteiger partial charge in [0, 0.05) is 36.2 Å². The van der Waals surface area contributed by atoms with Gasteiger partial charge in [-0.3, -0.25) is 4.79 Å². The molecule has 2 aromatic carbocycles. The van der Waals surface area contributed by atoms with Gasteiger partial charge >= 0.3 is 6.18 Å². The summed E-state index contributed by atoms with van der Waals surface area (Å²) in [6, 6.07) is 10.6. The first-order valence-electron chi connectivity index (χ1n) is 11.9. The largest absolute Gasteiger partial charge is 0.451 e. The molecule has 12 heteroatoms. The fourth-order valence-electron chi connectivity index (χ4n) is 4.91. The first-order valence-corrected chi connectivity index (χ1v) is 13.5. The number of ketones is 1. The van der Waals surface area contributed by atoms with Crippen molar-refractivity contribution in [3.05, 3.63) is 77.6 Å². The molecule has 0 spiro atoms. The maximum absolute atomic E-state index is 14.7. The molecule has 39 heavy (non-hydrogen) atoms. The van der Waals surface area contributed by atoms with Gasteiger partial charge < -0.3 is 0 Å². The number of sulfone groups is 1. The fraction of sp³-hybridized carbons (Fsp3) is 0.333. The number of nitrogens with zero attached hydrogens (tertiary/aromatic N) is 3. The van der Waals surface area contributed by atoms with Crippen molar-refractivity contribution in [3.63, 3.8) is 0 Å². The Morgan fingerprint density at radius 1 is 1.08 bits per heavy atom. The number of carbonyl (C=O) groups excluding carboxylic acids is 1. The van der Waals surface area contributed by atoms with Crippen molar-refractivity contribution in [2.45, 2.75) is 48.7 Å². The molecule has 1 aliphatic carbocycles. The highest BCUT2D eigenvalue weighted by Gasteiger charge is 2.51. The monoisotopic (exact) mass is 563 g/mol. The summed E-state index contributed by atoms with van der Waals surface area (Å²) in [6.45, 7) is 1.42. The number of aryl methyl sites for hydroxylation is 1. The van der Waals surface area contributed by atoms with Crippen LogP contribution in [-0.2, 0) is 27.2 Å². The van der Waals surface area contributed by atoms with E-state index in [1.807, 2.05) is 6.07 Å². The van der Waals surface area contributed by atoms with Crippen molar-refractivity contribution >= 4 is 15.6 Å². The summed E-state index contributed by atoms with van der Waals surface area (Å²) < 4.78 is 93.0. The first-order chi connectivity index (χ1) is 18.3. The van der Waals surface area contributed by atoms with Crippen molar-refractivity contribution in [3.8, 4) is 17.2 Å². The second kappa shape index (κ2) is 10.8. The third kappa shape index (κ3) is 5.83. The van der Waals surface area contributed by atoms with Gasteiger partial charge in [0.05, 0.1) is 21.8 Å². The highest BCUT2D eigenvalue weighted by molar-refractivity contribution is 7.92. The number of halogens is 5. The Kier molecular flexibility index (Phi) is 7.84. The molecule has 1 fully saturated rings. The lowest BCUT2D eigenvalue weighted by atomic mass is 9.92. The zero-order valence-corrected chi connectivity index (χ0v) is 21.3. The summed E-state index contributed by atoms with van der Waals surface area (Å²) in [6.07, 6.45) is -4.69. The molecule has 1 aliphatic rings. The summed E-state index contributed by atoms with van der Waals surface area (Å²) >= 11 is 0. The predicted octanol–water partition coefficient (Wildman–Crippen LogP) is 5.51. The minimum atomic E-state index is -4.70. The van der Waals surface area contributed by atoms with E-state index in [1.54, 1.807) is 0 Å². The zero-order valence-electron chi connectivity index (χ0n) is 20.5. The summed E-state index contributed by atoms with van der Waals surface area (Å²) in [5, 5.41) is 8.17. The summed E-state index contributed by atoms with van der Waals surface area (Å²) in [4.78, 5) is 19.7. The molecular weight excluding hydrogens is 541 g/mol. The van der Waals surface area contributed by atoms with E-state index in [0.29, 0.717) is 11.1 Å². The van der Waals surface area contributed by atoms with E-state index in [2.05, 4.69) is 9.97 Å². The number of carbonyl (C=O) groups is 1.